The van der Waals surface area contributed by atoms with Crippen molar-refractivity contribution in [1.29, 1.82) is 0 Å². The number of esters is 1. The van der Waals surface area contributed by atoms with Crippen molar-refractivity contribution in [2.24, 2.45) is 5.73 Å². The van der Waals surface area contributed by atoms with Crippen LogP contribution in [0.3, 0.4) is 0 Å². The van der Waals surface area contributed by atoms with Crippen molar-refractivity contribution < 1.29 is 43.3 Å². The number of carbonyl (C=O) groups is 4. The Hall–Kier alpha value is -2.37. The van der Waals surface area contributed by atoms with E-state index in [0.717, 1.165) is 4.90 Å². The van der Waals surface area contributed by atoms with Crippen LogP contribution in [0.4, 0.5) is 4.39 Å². The van der Waals surface area contributed by atoms with Gasteiger partial charge in [-0.1, -0.05) is 6.42 Å². The topological polar surface area (TPSA) is 156 Å². The van der Waals surface area contributed by atoms with Crippen molar-refractivity contribution in [3.8, 4) is 0 Å². The summed E-state index contributed by atoms with van der Waals surface area (Å²) in [6.07, 6.45) is -1.52. The molecule has 0 aromatic heterocycles. The molecule has 0 aromatic rings. The molecular weight excluding hydrogens is 391 g/mol. The Balaban J connectivity index is 0.000000960. The van der Waals surface area contributed by atoms with Gasteiger partial charge in [0.25, 0.3) is 11.8 Å². The largest absolute Gasteiger partial charge is 0.463 e. The Bertz CT molecular complexity index is 605. The van der Waals surface area contributed by atoms with E-state index < -0.39 is 30.6 Å². The summed E-state index contributed by atoms with van der Waals surface area (Å²) in [6, 6.07) is 0. The van der Waals surface area contributed by atoms with Crippen molar-refractivity contribution >= 4 is 23.7 Å². The molecule has 4 atom stereocenters. The molecule has 2 aliphatic rings. The second-order valence-corrected chi connectivity index (χ2v) is 6.64. The normalized spacial score (nSPS) is 26.1. The van der Waals surface area contributed by atoms with Gasteiger partial charge >= 0.3 is 5.97 Å². The number of aliphatic hydroxyl groups is 2. The van der Waals surface area contributed by atoms with E-state index in [1.807, 2.05) is 0 Å². The maximum Gasteiger partial charge on any atom is 0.305 e. The quantitative estimate of drug-likeness (QED) is 0.266. The van der Waals surface area contributed by atoms with Crippen LogP contribution in [0.5, 0.6) is 0 Å². The first kappa shape index (κ1) is 24.7. The summed E-state index contributed by atoms with van der Waals surface area (Å²) in [5, 5.41) is 18.7. The molecule has 0 aromatic carbocycles. The van der Waals surface area contributed by atoms with Crippen LogP contribution in [-0.2, 0) is 28.7 Å². The van der Waals surface area contributed by atoms with Crippen LogP contribution in [0, 0.1) is 0 Å². The van der Waals surface area contributed by atoms with Crippen molar-refractivity contribution in [3.05, 3.63) is 12.2 Å². The lowest BCUT2D eigenvalue weighted by molar-refractivity contribution is -0.228. The van der Waals surface area contributed by atoms with Gasteiger partial charge in [-0.3, -0.25) is 24.1 Å². The number of rotatable bonds is 8. The summed E-state index contributed by atoms with van der Waals surface area (Å²) < 4.78 is 23.5. The number of ether oxygens (including phenoxy) is 2. The summed E-state index contributed by atoms with van der Waals surface area (Å²) in [7, 11) is 0. The summed E-state index contributed by atoms with van der Waals surface area (Å²) in [5.74, 6) is -1.54. The average Bonchev–Trinajstić information content (AvgIpc) is 2.94. The van der Waals surface area contributed by atoms with Crippen molar-refractivity contribution in [3.63, 3.8) is 0 Å². The minimum atomic E-state index is -1.72. The zero-order chi connectivity index (χ0) is 22.0. The molecule has 4 N–H and O–H groups in total. The van der Waals surface area contributed by atoms with Crippen molar-refractivity contribution in [1.82, 2.24) is 4.90 Å². The number of unbranched alkanes of at least 4 members (excludes halogenated alkanes) is 2. The highest BCUT2D eigenvalue weighted by Gasteiger charge is 2.38. The van der Waals surface area contributed by atoms with Gasteiger partial charge in [0, 0.05) is 38.5 Å². The first-order valence-electron chi connectivity index (χ1n) is 9.22. The zero-order valence-electron chi connectivity index (χ0n) is 16.2. The van der Waals surface area contributed by atoms with Gasteiger partial charge in [-0.2, -0.15) is 0 Å². The van der Waals surface area contributed by atoms with E-state index in [1.165, 1.54) is 19.1 Å². The van der Waals surface area contributed by atoms with E-state index in [2.05, 4.69) is 5.73 Å². The monoisotopic (exact) mass is 418 g/mol. The number of hydrogen-bond donors (Lipinski definition) is 3. The summed E-state index contributed by atoms with van der Waals surface area (Å²) in [6.45, 7) is 1.23. The molecule has 2 heterocycles. The molecule has 29 heavy (non-hydrogen) atoms. The summed E-state index contributed by atoms with van der Waals surface area (Å²) >= 11 is 0. The number of carbonyl (C=O) groups excluding carboxylic acids is 4. The predicted octanol–water partition coefficient (Wildman–Crippen LogP) is -0.687. The van der Waals surface area contributed by atoms with Crippen LogP contribution in [-0.4, -0.2) is 76.6 Å². The van der Waals surface area contributed by atoms with Crippen LogP contribution in [0.25, 0.3) is 0 Å². The number of nitrogens with two attached hydrogens (primary N) is 1. The fourth-order valence-corrected chi connectivity index (χ4v) is 2.66. The molecule has 0 spiro atoms. The lowest BCUT2D eigenvalue weighted by Crippen LogP contribution is -2.48. The Labute approximate surface area is 167 Å². The molecule has 1 unspecified atom stereocenters. The molecule has 0 bridgehead atoms. The molecule has 1 fully saturated rings. The Morgan fingerprint density at radius 2 is 1.83 bits per heavy atom. The number of hydrogen-bond acceptors (Lipinski definition) is 8. The van der Waals surface area contributed by atoms with Gasteiger partial charge in [-0.05, 0) is 12.8 Å². The van der Waals surface area contributed by atoms with Crippen LogP contribution in [0.2, 0.25) is 0 Å². The second-order valence-electron chi connectivity index (χ2n) is 6.64. The molecule has 0 aliphatic carbocycles. The lowest BCUT2D eigenvalue weighted by atomic mass is 10.0. The van der Waals surface area contributed by atoms with Crippen LogP contribution in [0.15, 0.2) is 12.2 Å². The van der Waals surface area contributed by atoms with E-state index in [1.54, 1.807) is 0 Å². The Morgan fingerprint density at radius 1 is 1.24 bits per heavy atom. The highest BCUT2D eigenvalue weighted by Crippen LogP contribution is 2.22. The number of nitrogens with zero attached hydrogens (tertiary/aromatic N) is 1. The fraction of sp³-hybridized carbons (Fsp3) is 0.667. The molecule has 2 aliphatic heterocycles. The predicted molar refractivity (Wildman–Crippen MR) is 96.6 cm³/mol. The van der Waals surface area contributed by atoms with Gasteiger partial charge in [0.15, 0.2) is 12.5 Å². The van der Waals surface area contributed by atoms with E-state index in [0.29, 0.717) is 25.8 Å². The molecular formula is C18H27FN2O8. The zero-order valence-corrected chi connectivity index (χ0v) is 16.2. The third kappa shape index (κ3) is 9.11. The third-order valence-corrected chi connectivity index (χ3v) is 4.07. The first-order valence-corrected chi connectivity index (χ1v) is 9.22. The van der Waals surface area contributed by atoms with Gasteiger partial charge in [0.1, 0.15) is 12.7 Å². The highest BCUT2D eigenvalue weighted by atomic mass is 19.1. The van der Waals surface area contributed by atoms with E-state index >= 15 is 0 Å². The maximum absolute atomic E-state index is 13.7. The minimum Gasteiger partial charge on any atom is -0.463 e. The summed E-state index contributed by atoms with van der Waals surface area (Å²) in [5.41, 5.74) is 4.47. The van der Waals surface area contributed by atoms with Gasteiger partial charge in [-0.25, -0.2) is 4.39 Å². The molecule has 164 valence electrons. The maximum atomic E-state index is 13.7. The number of amides is 3. The molecule has 0 radical (unpaired) electrons. The first-order chi connectivity index (χ1) is 13.6. The summed E-state index contributed by atoms with van der Waals surface area (Å²) in [4.78, 5) is 44.6. The number of aliphatic hydroxyl groups excluding tert-OH is 2. The number of halogens is 1. The number of alkyl halides is 1. The van der Waals surface area contributed by atoms with Crippen LogP contribution in [0.1, 0.15) is 39.0 Å². The van der Waals surface area contributed by atoms with Crippen LogP contribution < -0.4 is 5.73 Å². The number of imide groups is 1. The molecule has 3 amide bonds. The molecule has 2 rings (SSSR count). The molecule has 11 heteroatoms. The second kappa shape index (κ2) is 12.2. The highest BCUT2D eigenvalue weighted by molar-refractivity contribution is 6.12. The van der Waals surface area contributed by atoms with Gasteiger partial charge in [0.2, 0.25) is 5.91 Å². The van der Waals surface area contributed by atoms with Crippen molar-refractivity contribution in [2.75, 3.05) is 13.2 Å². The Morgan fingerprint density at radius 3 is 2.41 bits per heavy atom. The SMILES string of the molecule is CC(N)=O.O=C(CCCCCN1C(=O)C=CC1=O)OC[C@H]1OC(O)C[C@@H](O)[C@@H]1F. The molecule has 0 saturated carbocycles. The van der Waals surface area contributed by atoms with Crippen molar-refractivity contribution in [2.45, 2.75) is 63.7 Å². The van der Waals surface area contributed by atoms with E-state index in [4.69, 9.17) is 9.47 Å². The minimum absolute atomic E-state index is 0.106. The van der Waals surface area contributed by atoms with Gasteiger partial charge in [-0.15, -0.1) is 0 Å². The van der Waals surface area contributed by atoms with E-state index in [9.17, 15) is 33.8 Å². The van der Waals surface area contributed by atoms with Crippen LogP contribution >= 0.6 is 0 Å². The number of primary amides is 1. The standard InChI is InChI=1S/C16H22FNO7.C2H5NO/c17-16-10(19)8-15(23)25-11(16)9-24-14(22)4-2-1-3-7-18-12(20)5-6-13(18)21;1-2(3)4/h5-6,10-11,15-16,19,23H,1-4,7-9H2;1H3,(H2,3,4)/t10-,11-,15?,16+;/m1./s1. The third-order valence-electron chi connectivity index (χ3n) is 4.07. The molecule has 10 nitrogen and oxygen atoms in total. The average molecular weight is 418 g/mol. The van der Waals surface area contributed by atoms with Gasteiger partial charge in [0.05, 0.1) is 6.10 Å². The van der Waals surface area contributed by atoms with E-state index in [-0.39, 0.29) is 37.2 Å². The lowest BCUT2D eigenvalue weighted by Gasteiger charge is -2.33. The molecule has 1 saturated heterocycles. The smallest absolute Gasteiger partial charge is 0.305 e. The Kier molecular flexibility index (Phi) is 10.4. The fourth-order valence-electron chi connectivity index (χ4n) is 2.66. The van der Waals surface area contributed by atoms with Gasteiger partial charge < -0.3 is 25.4 Å².